The highest BCUT2D eigenvalue weighted by molar-refractivity contribution is 5.59. The van der Waals surface area contributed by atoms with E-state index in [9.17, 15) is 13.2 Å². The molecule has 20 heavy (non-hydrogen) atoms. The van der Waals surface area contributed by atoms with Crippen LogP contribution in [0.2, 0.25) is 0 Å². The Kier molecular flexibility index (Phi) is 2.66. The molecule has 0 saturated heterocycles. The molecule has 0 radical (unpaired) electrons. The molecule has 2 aromatic heterocycles. The molecule has 0 fully saturated rings. The van der Waals surface area contributed by atoms with Crippen LogP contribution in [0.5, 0.6) is 0 Å². The summed E-state index contributed by atoms with van der Waals surface area (Å²) >= 11 is 0. The van der Waals surface area contributed by atoms with Gasteiger partial charge in [0.1, 0.15) is 5.69 Å². The second kappa shape index (κ2) is 4.26. The first kappa shape index (κ1) is 12.5. The standard InChI is InChI=1S/C12H8F3N5/c1-7-17-18-11-16-6-10(19-20(7)11)8-3-2-4-9(5-8)12(13,14)15/h2-6H,1H3. The molecule has 2 heterocycles. The van der Waals surface area contributed by atoms with E-state index in [0.717, 1.165) is 12.1 Å². The second-order valence-corrected chi connectivity index (χ2v) is 4.18. The molecule has 0 aliphatic rings. The maximum atomic E-state index is 12.7. The van der Waals surface area contributed by atoms with Crippen LogP contribution >= 0.6 is 0 Å². The smallest absolute Gasteiger partial charge is 0.216 e. The van der Waals surface area contributed by atoms with E-state index in [2.05, 4.69) is 20.3 Å². The van der Waals surface area contributed by atoms with Gasteiger partial charge in [-0.3, -0.25) is 0 Å². The summed E-state index contributed by atoms with van der Waals surface area (Å²) in [5, 5.41) is 11.8. The van der Waals surface area contributed by atoms with Crippen molar-refractivity contribution in [3.05, 3.63) is 41.9 Å². The molecule has 0 aliphatic carbocycles. The van der Waals surface area contributed by atoms with E-state index >= 15 is 0 Å². The topological polar surface area (TPSA) is 56.0 Å². The number of fused-ring (bicyclic) bond motifs is 1. The Balaban J connectivity index is 2.13. The molecule has 1 aromatic carbocycles. The molecule has 5 nitrogen and oxygen atoms in total. The van der Waals surface area contributed by atoms with Crippen LogP contribution in [0.3, 0.4) is 0 Å². The highest BCUT2D eigenvalue weighted by Gasteiger charge is 2.30. The van der Waals surface area contributed by atoms with E-state index in [1.165, 1.54) is 16.8 Å². The van der Waals surface area contributed by atoms with Gasteiger partial charge in [-0.15, -0.1) is 10.2 Å². The number of rotatable bonds is 1. The summed E-state index contributed by atoms with van der Waals surface area (Å²) in [5.41, 5.74) is -0.0637. The van der Waals surface area contributed by atoms with Crippen molar-refractivity contribution in [2.24, 2.45) is 0 Å². The van der Waals surface area contributed by atoms with E-state index in [4.69, 9.17) is 0 Å². The molecular formula is C12H8F3N5. The molecule has 0 atom stereocenters. The van der Waals surface area contributed by atoms with Crippen molar-refractivity contribution in [3.8, 4) is 11.3 Å². The molecule has 3 rings (SSSR count). The van der Waals surface area contributed by atoms with Crippen molar-refractivity contribution < 1.29 is 13.2 Å². The molecule has 0 unspecified atom stereocenters. The van der Waals surface area contributed by atoms with Crippen LogP contribution in [0.1, 0.15) is 11.4 Å². The number of aromatic nitrogens is 5. The zero-order valence-corrected chi connectivity index (χ0v) is 10.3. The number of benzene rings is 1. The first-order chi connectivity index (χ1) is 9.45. The van der Waals surface area contributed by atoms with Gasteiger partial charge in [0.25, 0.3) is 5.78 Å². The Bertz CT molecular complexity index is 778. The minimum Gasteiger partial charge on any atom is -0.216 e. The fourth-order valence-electron chi connectivity index (χ4n) is 1.78. The number of nitrogens with zero attached hydrogens (tertiary/aromatic N) is 5. The quantitative estimate of drug-likeness (QED) is 0.686. The van der Waals surface area contributed by atoms with Crippen molar-refractivity contribution in [1.82, 2.24) is 24.8 Å². The molecule has 0 spiro atoms. The third-order valence-corrected chi connectivity index (χ3v) is 2.78. The van der Waals surface area contributed by atoms with E-state index in [1.807, 2.05) is 0 Å². The number of alkyl halides is 3. The predicted molar refractivity (Wildman–Crippen MR) is 63.8 cm³/mol. The van der Waals surface area contributed by atoms with Gasteiger partial charge in [-0.25, -0.2) is 4.98 Å². The van der Waals surface area contributed by atoms with Crippen molar-refractivity contribution in [2.45, 2.75) is 13.1 Å². The highest BCUT2D eigenvalue weighted by Crippen LogP contribution is 2.31. The van der Waals surface area contributed by atoms with Crippen LogP contribution in [0.25, 0.3) is 17.0 Å². The van der Waals surface area contributed by atoms with Gasteiger partial charge in [-0.1, -0.05) is 12.1 Å². The van der Waals surface area contributed by atoms with Crippen LogP contribution in [0.15, 0.2) is 30.5 Å². The molecule has 0 saturated carbocycles. The fourth-order valence-corrected chi connectivity index (χ4v) is 1.78. The van der Waals surface area contributed by atoms with Gasteiger partial charge in [0.15, 0.2) is 5.82 Å². The van der Waals surface area contributed by atoms with Crippen LogP contribution in [0.4, 0.5) is 13.2 Å². The van der Waals surface area contributed by atoms with Crippen molar-refractivity contribution >= 4 is 5.78 Å². The molecule has 0 N–H and O–H groups in total. The van der Waals surface area contributed by atoms with Crippen LogP contribution in [0, 0.1) is 6.92 Å². The SMILES string of the molecule is Cc1nnc2ncc(-c3cccc(C(F)(F)F)c3)nn12. The Labute approximate surface area is 111 Å². The summed E-state index contributed by atoms with van der Waals surface area (Å²) in [5.74, 6) is 0.819. The van der Waals surface area contributed by atoms with Crippen molar-refractivity contribution in [3.63, 3.8) is 0 Å². The lowest BCUT2D eigenvalue weighted by molar-refractivity contribution is -0.137. The number of halogens is 3. The first-order valence-corrected chi connectivity index (χ1v) is 5.68. The Morgan fingerprint density at radius 1 is 1.15 bits per heavy atom. The second-order valence-electron chi connectivity index (χ2n) is 4.18. The van der Waals surface area contributed by atoms with E-state index in [1.54, 1.807) is 13.0 Å². The van der Waals surface area contributed by atoms with Gasteiger partial charge < -0.3 is 0 Å². The van der Waals surface area contributed by atoms with Crippen molar-refractivity contribution in [1.29, 1.82) is 0 Å². The maximum Gasteiger partial charge on any atom is 0.416 e. The minimum absolute atomic E-state index is 0.304. The third-order valence-electron chi connectivity index (χ3n) is 2.78. The zero-order chi connectivity index (χ0) is 14.3. The highest BCUT2D eigenvalue weighted by atomic mass is 19.4. The first-order valence-electron chi connectivity index (χ1n) is 5.68. The summed E-state index contributed by atoms with van der Waals surface area (Å²) in [4.78, 5) is 4.02. The van der Waals surface area contributed by atoms with E-state index in [0.29, 0.717) is 22.9 Å². The van der Waals surface area contributed by atoms with E-state index < -0.39 is 11.7 Å². The van der Waals surface area contributed by atoms with Crippen LogP contribution < -0.4 is 0 Å². The van der Waals surface area contributed by atoms with Crippen LogP contribution in [-0.4, -0.2) is 24.8 Å². The largest absolute Gasteiger partial charge is 0.416 e. The normalized spacial score (nSPS) is 12.0. The average Bonchev–Trinajstić information content (AvgIpc) is 2.79. The Morgan fingerprint density at radius 3 is 2.70 bits per heavy atom. The average molecular weight is 279 g/mol. The Morgan fingerprint density at radius 2 is 1.95 bits per heavy atom. The lowest BCUT2D eigenvalue weighted by Crippen LogP contribution is -2.05. The number of hydrogen-bond acceptors (Lipinski definition) is 4. The van der Waals surface area contributed by atoms with Crippen molar-refractivity contribution in [2.75, 3.05) is 0 Å². The lowest BCUT2D eigenvalue weighted by atomic mass is 10.1. The summed E-state index contributed by atoms with van der Waals surface area (Å²) in [6, 6.07) is 4.93. The molecule has 0 aliphatic heterocycles. The molecule has 102 valence electrons. The fraction of sp³-hybridized carbons (Fsp3) is 0.167. The van der Waals surface area contributed by atoms with Gasteiger partial charge >= 0.3 is 6.18 Å². The summed E-state index contributed by atoms with van der Waals surface area (Å²) in [6.45, 7) is 1.69. The molecule has 8 heteroatoms. The number of aryl methyl sites for hydroxylation is 1. The van der Waals surface area contributed by atoms with Gasteiger partial charge in [-0.2, -0.15) is 22.8 Å². The summed E-state index contributed by atoms with van der Waals surface area (Å²) < 4.78 is 39.5. The van der Waals surface area contributed by atoms with E-state index in [-0.39, 0.29) is 0 Å². The summed E-state index contributed by atoms with van der Waals surface area (Å²) in [6.07, 6.45) is -3.01. The Hall–Kier alpha value is -2.51. The minimum atomic E-state index is -4.39. The molecular weight excluding hydrogens is 271 g/mol. The molecule has 0 amide bonds. The lowest BCUT2D eigenvalue weighted by Gasteiger charge is -2.08. The molecule has 3 aromatic rings. The monoisotopic (exact) mass is 279 g/mol. The van der Waals surface area contributed by atoms with Crippen LogP contribution in [-0.2, 0) is 6.18 Å². The number of hydrogen-bond donors (Lipinski definition) is 0. The molecule has 0 bridgehead atoms. The van der Waals surface area contributed by atoms with Gasteiger partial charge in [0, 0.05) is 5.56 Å². The van der Waals surface area contributed by atoms with Gasteiger partial charge in [0.2, 0.25) is 0 Å². The van der Waals surface area contributed by atoms with Gasteiger partial charge in [-0.05, 0) is 19.1 Å². The third kappa shape index (κ3) is 2.09. The predicted octanol–water partition coefficient (Wildman–Crippen LogP) is 2.51. The van der Waals surface area contributed by atoms with Gasteiger partial charge in [0.05, 0.1) is 11.8 Å². The summed E-state index contributed by atoms with van der Waals surface area (Å²) in [7, 11) is 0. The zero-order valence-electron chi connectivity index (χ0n) is 10.3. The maximum absolute atomic E-state index is 12.7.